The smallest absolute Gasteiger partial charge is 0.328 e. The van der Waals surface area contributed by atoms with Gasteiger partial charge in [0.05, 0.1) is 0 Å². The molecule has 0 spiro atoms. The molecule has 0 heterocycles. The van der Waals surface area contributed by atoms with Gasteiger partial charge in [-0.1, -0.05) is 12.1 Å². The van der Waals surface area contributed by atoms with E-state index in [0.717, 1.165) is 6.08 Å². The third-order valence-electron chi connectivity index (χ3n) is 2.12. The van der Waals surface area contributed by atoms with Crippen molar-refractivity contribution in [3.8, 4) is 12.3 Å². The van der Waals surface area contributed by atoms with Crippen molar-refractivity contribution in [3.63, 3.8) is 0 Å². The number of terminal acetylenes is 1. The van der Waals surface area contributed by atoms with Gasteiger partial charge in [-0.25, -0.2) is 9.59 Å². The van der Waals surface area contributed by atoms with Gasteiger partial charge >= 0.3 is 12.0 Å². The van der Waals surface area contributed by atoms with Gasteiger partial charge < -0.3 is 15.7 Å². The van der Waals surface area contributed by atoms with Gasteiger partial charge in [0, 0.05) is 24.7 Å². The van der Waals surface area contributed by atoms with Crippen LogP contribution in [-0.2, 0) is 4.79 Å². The topological polar surface area (TPSA) is 78.4 Å². The van der Waals surface area contributed by atoms with E-state index < -0.39 is 5.97 Å². The molecule has 1 aromatic rings. The molecule has 1 aromatic carbocycles. The number of carboxylic acid groups (broad SMARTS) is 1. The van der Waals surface area contributed by atoms with E-state index >= 15 is 0 Å². The summed E-state index contributed by atoms with van der Waals surface area (Å²) in [6.07, 6.45) is 8.02. The number of benzene rings is 1. The summed E-state index contributed by atoms with van der Waals surface area (Å²) in [4.78, 5) is 21.9. The Hall–Kier alpha value is -2.74. The summed E-state index contributed by atoms with van der Waals surface area (Å²) < 4.78 is 0. The molecule has 0 aliphatic rings. The van der Waals surface area contributed by atoms with Gasteiger partial charge in [-0.15, -0.1) is 12.3 Å². The first-order valence-corrected chi connectivity index (χ1v) is 5.61. The van der Waals surface area contributed by atoms with Gasteiger partial charge in [-0.2, -0.15) is 0 Å². The van der Waals surface area contributed by atoms with Gasteiger partial charge in [0.1, 0.15) is 0 Å². The average Bonchev–Trinajstić information content (AvgIpc) is 2.37. The van der Waals surface area contributed by atoms with Crippen LogP contribution in [0.2, 0.25) is 0 Å². The van der Waals surface area contributed by atoms with Crippen molar-refractivity contribution in [1.29, 1.82) is 0 Å². The van der Waals surface area contributed by atoms with Crippen LogP contribution in [0.5, 0.6) is 0 Å². The van der Waals surface area contributed by atoms with E-state index in [1.54, 1.807) is 24.3 Å². The van der Waals surface area contributed by atoms with Crippen LogP contribution in [0.4, 0.5) is 10.5 Å². The fourth-order valence-electron chi connectivity index (χ4n) is 1.31. The molecule has 5 nitrogen and oxygen atoms in total. The molecule has 0 saturated heterocycles. The third-order valence-corrected chi connectivity index (χ3v) is 2.12. The number of hydrogen-bond donors (Lipinski definition) is 3. The summed E-state index contributed by atoms with van der Waals surface area (Å²) in [5, 5.41) is 13.8. The molecule has 98 valence electrons. The van der Waals surface area contributed by atoms with Crippen molar-refractivity contribution in [2.75, 3.05) is 11.9 Å². The molecule has 0 saturated carbocycles. The minimum Gasteiger partial charge on any atom is -0.478 e. The predicted molar refractivity (Wildman–Crippen MR) is 73.6 cm³/mol. The van der Waals surface area contributed by atoms with Gasteiger partial charge in [0.2, 0.25) is 0 Å². The Kier molecular flexibility index (Phi) is 5.70. The van der Waals surface area contributed by atoms with E-state index in [2.05, 4.69) is 16.6 Å². The highest BCUT2D eigenvalue weighted by Crippen LogP contribution is 2.11. The van der Waals surface area contributed by atoms with Crippen molar-refractivity contribution < 1.29 is 14.7 Å². The lowest BCUT2D eigenvalue weighted by Crippen LogP contribution is -2.29. The fraction of sp³-hybridized carbons (Fsp3) is 0.143. The molecule has 2 amide bonds. The second-order valence-corrected chi connectivity index (χ2v) is 3.63. The standard InChI is InChI=1S/C14H14N2O3/c1-2-3-9-15-14(19)16-12-6-4-5-11(10-12)7-8-13(17)18/h1,4-8,10H,3,9H2,(H,17,18)(H2,15,16,19)/b8-7+. The van der Waals surface area contributed by atoms with Crippen molar-refractivity contribution in [2.45, 2.75) is 6.42 Å². The van der Waals surface area contributed by atoms with E-state index in [4.69, 9.17) is 11.5 Å². The normalized spacial score (nSPS) is 9.84. The summed E-state index contributed by atoms with van der Waals surface area (Å²) in [6, 6.07) is 6.48. The number of urea groups is 1. The summed E-state index contributed by atoms with van der Waals surface area (Å²) in [7, 11) is 0. The monoisotopic (exact) mass is 258 g/mol. The number of amides is 2. The van der Waals surface area contributed by atoms with Crippen LogP contribution in [0, 0.1) is 12.3 Å². The summed E-state index contributed by atoms with van der Waals surface area (Å²) in [6.45, 7) is 0.404. The lowest BCUT2D eigenvalue weighted by atomic mass is 10.2. The van der Waals surface area contributed by atoms with Crippen LogP contribution in [0.1, 0.15) is 12.0 Å². The quantitative estimate of drug-likeness (QED) is 0.429. The molecule has 0 aliphatic heterocycles. The molecular formula is C14H14N2O3. The number of anilines is 1. The summed E-state index contributed by atoms with van der Waals surface area (Å²) in [5.41, 5.74) is 1.26. The SMILES string of the molecule is C#CCCNC(=O)Nc1cccc(/C=C/C(=O)O)c1. The number of carbonyl (C=O) groups is 2. The van der Waals surface area contributed by atoms with Gasteiger partial charge in [0.15, 0.2) is 0 Å². The zero-order valence-corrected chi connectivity index (χ0v) is 10.2. The number of carbonyl (C=O) groups excluding carboxylic acids is 1. The molecule has 0 fully saturated rings. The molecule has 0 unspecified atom stereocenters. The first kappa shape index (κ1) is 14.3. The van der Waals surface area contributed by atoms with Crippen LogP contribution in [0.15, 0.2) is 30.3 Å². The van der Waals surface area contributed by atoms with Crippen LogP contribution in [0.3, 0.4) is 0 Å². The maximum atomic E-state index is 11.5. The highest BCUT2D eigenvalue weighted by atomic mass is 16.4. The highest BCUT2D eigenvalue weighted by Gasteiger charge is 2.00. The van der Waals surface area contributed by atoms with E-state index in [0.29, 0.717) is 24.2 Å². The second-order valence-electron chi connectivity index (χ2n) is 3.63. The van der Waals surface area contributed by atoms with Crippen molar-refractivity contribution >= 4 is 23.8 Å². The number of aliphatic carboxylic acids is 1. The first-order valence-electron chi connectivity index (χ1n) is 5.61. The molecule has 0 bridgehead atoms. The summed E-state index contributed by atoms with van der Waals surface area (Å²) in [5.74, 6) is 1.39. The molecule has 19 heavy (non-hydrogen) atoms. The fourth-order valence-corrected chi connectivity index (χ4v) is 1.31. The lowest BCUT2D eigenvalue weighted by Gasteiger charge is -2.06. The molecule has 0 atom stereocenters. The molecule has 3 N–H and O–H groups in total. The Bertz CT molecular complexity index is 530. The Labute approximate surface area is 111 Å². The van der Waals surface area contributed by atoms with E-state index in [-0.39, 0.29) is 6.03 Å². The summed E-state index contributed by atoms with van der Waals surface area (Å²) >= 11 is 0. The van der Waals surface area contributed by atoms with Crippen molar-refractivity contribution in [1.82, 2.24) is 5.32 Å². The van der Waals surface area contributed by atoms with E-state index in [1.807, 2.05) is 0 Å². The lowest BCUT2D eigenvalue weighted by molar-refractivity contribution is -0.131. The van der Waals surface area contributed by atoms with Crippen molar-refractivity contribution in [3.05, 3.63) is 35.9 Å². The van der Waals surface area contributed by atoms with E-state index in [1.165, 1.54) is 6.08 Å². The molecule has 1 rings (SSSR count). The van der Waals surface area contributed by atoms with Crippen molar-refractivity contribution in [2.24, 2.45) is 0 Å². The Morgan fingerprint density at radius 2 is 2.21 bits per heavy atom. The van der Waals surface area contributed by atoms with Crippen LogP contribution in [0.25, 0.3) is 6.08 Å². The minimum atomic E-state index is -1.02. The van der Waals surface area contributed by atoms with Gasteiger partial charge in [0.25, 0.3) is 0 Å². The minimum absolute atomic E-state index is 0.352. The Balaban J connectivity index is 2.59. The first-order chi connectivity index (χ1) is 9.11. The molecule has 0 radical (unpaired) electrons. The molecule has 0 aliphatic carbocycles. The number of carboxylic acids is 1. The van der Waals surface area contributed by atoms with Crippen LogP contribution >= 0.6 is 0 Å². The molecule has 0 aromatic heterocycles. The molecular weight excluding hydrogens is 244 g/mol. The maximum absolute atomic E-state index is 11.5. The number of hydrogen-bond acceptors (Lipinski definition) is 2. The average molecular weight is 258 g/mol. The number of nitrogens with one attached hydrogen (secondary N) is 2. The Morgan fingerprint density at radius 1 is 1.42 bits per heavy atom. The number of rotatable bonds is 5. The zero-order chi connectivity index (χ0) is 14.1. The predicted octanol–water partition coefficient (Wildman–Crippen LogP) is 1.93. The molecule has 5 heteroatoms. The largest absolute Gasteiger partial charge is 0.478 e. The second kappa shape index (κ2) is 7.56. The maximum Gasteiger partial charge on any atom is 0.328 e. The third kappa shape index (κ3) is 5.94. The zero-order valence-electron chi connectivity index (χ0n) is 10.2. The van der Waals surface area contributed by atoms with Crippen LogP contribution < -0.4 is 10.6 Å². The van der Waals surface area contributed by atoms with Crippen LogP contribution in [-0.4, -0.2) is 23.7 Å². The van der Waals surface area contributed by atoms with Gasteiger partial charge in [-0.3, -0.25) is 0 Å². The van der Waals surface area contributed by atoms with Gasteiger partial charge in [-0.05, 0) is 23.8 Å². The Morgan fingerprint density at radius 3 is 2.89 bits per heavy atom. The van der Waals surface area contributed by atoms with E-state index in [9.17, 15) is 9.59 Å². The highest BCUT2D eigenvalue weighted by molar-refractivity contribution is 5.90.